The summed E-state index contributed by atoms with van der Waals surface area (Å²) in [6.07, 6.45) is 0. The number of nitriles is 1. The topological polar surface area (TPSA) is 102 Å². The Hall–Kier alpha value is -2.94. The van der Waals surface area contributed by atoms with Gasteiger partial charge in [-0.2, -0.15) is 10.4 Å². The fourth-order valence-corrected chi connectivity index (χ4v) is 1.81. The highest BCUT2D eigenvalue weighted by molar-refractivity contribution is 5.97. The summed E-state index contributed by atoms with van der Waals surface area (Å²) in [6.45, 7) is 4.94. The molecule has 0 bridgehead atoms. The Kier molecular flexibility index (Phi) is 3.85. The van der Waals surface area contributed by atoms with Crippen LogP contribution in [-0.4, -0.2) is 16.0 Å². The maximum Gasteiger partial charge on any atom is 0.257 e. The first-order valence-corrected chi connectivity index (χ1v) is 6.26. The minimum atomic E-state index is -0.187. The van der Waals surface area contributed by atoms with Gasteiger partial charge in [0.2, 0.25) is 0 Å². The zero-order chi connectivity index (χ0) is 15.6. The van der Waals surface area contributed by atoms with Crippen molar-refractivity contribution in [3.05, 3.63) is 40.6 Å². The quantitative estimate of drug-likeness (QED) is 0.685. The highest BCUT2D eigenvalue weighted by Crippen LogP contribution is 2.29. The van der Waals surface area contributed by atoms with Crippen LogP contribution in [-0.2, 0) is 0 Å². The molecule has 0 atom stereocenters. The Balaban J connectivity index is 2.52. The van der Waals surface area contributed by atoms with Gasteiger partial charge in [0.15, 0.2) is 5.78 Å². The summed E-state index contributed by atoms with van der Waals surface area (Å²) in [5.41, 5.74) is 8.11. The second-order valence-electron chi connectivity index (χ2n) is 4.62. The third-order valence-corrected chi connectivity index (χ3v) is 3.12. The second-order valence-corrected chi connectivity index (χ2v) is 4.62. The first-order chi connectivity index (χ1) is 9.93. The number of Topliss-reactive ketones (excluding diaryl/α,β-unsaturated/α-hetero) is 1. The summed E-state index contributed by atoms with van der Waals surface area (Å²) in [5.74, 6) is 0.186. The SMILES string of the molecule is CC(=O)c1cc(N)ccc1Oc1nnc(C)c(C)c1C#N. The molecule has 0 spiro atoms. The molecule has 0 saturated heterocycles. The summed E-state index contributed by atoms with van der Waals surface area (Å²) >= 11 is 0. The molecule has 2 aromatic rings. The number of nitrogens with two attached hydrogens (primary N) is 1. The Labute approximate surface area is 122 Å². The number of hydrogen-bond donors (Lipinski definition) is 1. The number of carbonyl (C=O) groups is 1. The van der Waals surface area contributed by atoms with Crippen LogP contribution in [0, 0.1) is 25.2 Å². The fourth-order valence-electron chi connectivity index (χ4n) is 1.81. The predicted octanol–water partition coefficient (Wildman–Crippen LogP) is 2.54. The Morgan fingerprint density at radius 2 is 2.05 bits per heavy atom. The molecular formula is C15H14N4O2. The zero-order valence-electron chi connectivity index (χ0n) is 12.0. The molecule has 0 amide bonds. The minimum Gasteiger partial charge on any atom is -0.436 e. The van der Waals surface area contributed by atoms with Gasteiger partial charge in [0.25, 0.3) is 5.88 Å². The van der Waals surface area contributed by atoms with Crippen LogP contribution in [0.3, 0.4) is 0 Å². The first-order valence-electron chi connectivity index (χ1n) is 6.26. The molecule has 0 unspecified atom stereocenters. The van der Waals surface area contributed by atoms with Gasteiger partial charge in [-0.3, -0.25) is 4.79 Å². The molecule has 0 fully saturated rings. The van der Waals surface area contributed by atoms with Crippen molar-refractivity contribution in [3.8, 4) is 17.7 Å². The summed E-state index contributed by atoms with van der Waals surface area (Å²) in [6, 6.07) is 6.76. The molecule has 0 aliphatic heterocycles. The van der Waals surface area contributed by atoms with E-state index < -0.39 is 0 Å². The lowest BCUT2D eigenvalue weighted by atomic mass is 10.1. The van der Waals surface area contributed by atoms with Crippen LogP contribution in [0.1, 0.15) is 34.1 Å². The molecule has 6 nitrogen and oxygen atoms in total. The number of aromatic nitrogens is 2. The molecule has 1 aromatic carbocycles. The minimum absolute atomic E-state index is 0.0767. The molecular weight excluding hydrogens is 268 g/mol. The number of nitrogen functional groups attached to an aromatic ring is 1. The zero-order valence-corrected chi connectivity index (χ0v) is 12.0. The van der Waals surface area contributed by atoms with Crippen LogP contribution >= 0.6 is 0 Å². The van der Waals surface area contributed by atoms with Crippen LogP contribution in [0.2, 0.25) is 0 Å². The Bertz CT molecular complexity index is 763. The number of benzene rings is 1. The van der Waals surface area contributed by atoms with Crippen molar-refractivity contribution in [2.24, 2.45) is 0 Å². The standard InChI is InChI=1S/C15H14N4O2/c1-8-9(2)18-19-15(13(8)7-16)21-14-5-4-11(17)6-12(14)10(3)20/h4-6H,17H2,1-3H3. The Morgan fingerprint density at radius 3 is 2.67 bits per heavy atom. The molecule has 0 aliphatic rings. The highest BCUT2D eigenvalue weighted by Gasteiger charge is 2.16. The van der Waals surface area contributed by atoms with Crippen molar-refractivity contribution in [2.75, 3.05) is 5.73 Å². The lowest BCUT2D eigenvalue weighted by Crippen LogP contribution is -2.03. The van der Waals surface area contributed by atoms with Gasteiger partial charge in [-0.25, -0.2) is 0 Å². The molecule has 2 N–H and O–H groups in total. The molecule has 6 heteroatoms. The fraction of sp³-hybridized carbons (Fsp3) is 0.200. The summed E-state index contributed by atoms with van der Waals surface area (Å²) in [4.78, 5) is 11.6. The summed E-state index contributed by atoms with van der Waals surface area (Å²) in [5, 5.41) is 17.1. The van der Waals surface area contributed by atoms with Crippen molar-refractivity contribution in [2.45, 2.75) is 20.8 Å². The van der Waals surface area contributed by atoms with Gasteiger partial charge in [-0.15, -0.1) is 5.10 Å². The summed E-state index contributed by atoms with van der Waals surface area (Å²) in [7, 11) is 0. The van der Waals surface area contributed by atoms with Crippen LogP contribution in [0.4, 0.5) is 5.69 Å². The van der Waals surface area contributed by atoms with E-state index in [1.807, 2.05) is 6.07 Å². The van der Waals surface area contributed by atoms with E-state index in [1.54, 1.807) is 26.0 Å². The molecule has 1 aromatic heterocycles. The third-order valence-electron chi connectivity index (χ3n) is 3.12. The van der Waals surface area contributed by atoms with Crippen molar-refractivity contribution >= 4 is 11.5 Å². The lowest BCUT2D eigenvalue weighted by Gasteiger charge is -2.11. The third kappa shape index (κ3) is 2.82. The second kappa shape index (κ2) is 5.59. The van der Waals surface area contributed by atoms with Gasteiger partial charge in [0.1, 0.15) is 17.4 Å². The highest BCUT2D eigenvalue weighted by atomic mass is 16.5. The van der Waals surface area contributed by atoms with E-state index in [2.05, 4.69) is 10.2 Å². The average molecular weight is 282 g/mol. The van der Waals surface area contributed by atoms with Crippen LogP contribution < -0.4 is 10.5 Å². The molecule has 106 valence electrons. The van der Waals surface area contributed by atoms with E-state index in [1.165, 1.54) is 13.0 Å². The van der Waals surface area contributed by atoms with Crippen molar-refractivity contribution < 1.29 is 9.53 Å². The lowest BCUT2D eigenvalue weighted by molar-refractivity contribution is 0.101. The number of aryl methyl sites for hydroxylation is 1. The van der Waals surface area contributed by atoms with E-state index in [4.69, 9.17) is 10.5 Å². The predicted molar refractivity (Wildman–Crippen MR) is 77.2 cm³/mol. The maximum atomic E-state index is 11.6. The molecule has 0 radical (unpaired) electrons. The normalized spacial score (nSPS) is 10.0. The number of anilines is 1. The van der Waals surface area contributed by atoms with E-state index in [9.17, 15) is 10.1 Å². The maximum absolute atomic E-state index is 11.6. The molecule has 2 rings (SSSR count). The van der Waals surface area contributed by atoms with Gasteiger partial charge in [-0.05, 0) is 44.5 Å². The number of ketones is 1. The van der Waals surface area contributed by atoms with E-state index in [-0.39, 0.29) is 11.7 Å². The first kappa shape index (κ1) is 14.5. The Morgan fingerprint density at radius 1 is 1.33 bits per heavy atom. The van der Waals surface area contributed by atoms with Crippen molar-refractivity contribution in [1.82, 2.24) is 10.2 Å². The number of rotatable bonds is 3. The monoisotopic (exact) mass is 282 g/mol. The molecule has 0 aliphatic carbocycles. The number of ether oxygens (including phenoxy) is 1. The van der Waals surface area contributed by atoms with Gasteiger partial charge < -0.3 is 10.5 Å². The van der Waals surface area contributed by atoms with Gasteiger partial charge in [0, 0.05) is 5.69 Å². The van der Waals surface area contributed by atoms with Gasteiger partial charge in [0.05, 0.1) is 11.3 Å². The molecule has 0 saturated carbocycles. The van der Waals surface area contributed by atoms with Gasteiger partial charge >= 0.3 is 0 Å². The molecule has 1 heterocycles. The van der Waals surface area contributed by atoms with Crippen LogP contribution in [0.25, 0.3) is 0 Å². The van der Waals surface area contributed by atoms with Crippen LogP contribution in [0.5, 0.6) is 11.6 Å². The smallest absolute Gasteiger partial charge is 0.257 e. The molecule has 21 heavy (non-hydrogen) atoms. The van der Waals surface area contributed by atoms with E-state index >= 15 is 0 Å². The number of carbonyl (C=O) groups excluding carboxylic acids is 1. The van der Waals surface area contributed by atoms with E-state index in [0.29, 0.717) is 33.8 Å². The number of nitrogens with zero attached hydrogens (tertiary/aromatic N) is 3. The van der Waals surface area contributed by atoms with Crippen LogP contribution in [0.15, 0.2) is 18.2 Å². The average Bonchev–Trinajstić information content (AvgIpc) is 2.45. The van der Waals surface area contributed by atoms with Gasteiger partial charge in [-0.1, -0.05) is 0 Å². The largest absolute Gasteiger partial charge is 0.436 e. The number of hydrogen-bond acceptors (Lipinski definition) is 6. The van der Waals surface area contributed by atoms with Crippen molar-refractivity contribution in [1.29, 1.82) is 5.26 Å². The van der Waals surface area contributed by atoms with Crippen molar-refractivity contribution in [3.63, 3.8) is 0 Å². The van der Waals surface area contributed by atoms with E-state index in [0.717, 1.165) is 0 Å². The summed E-state index contributed by atoms with van der Waals surface area (Å²) < 4.78 is 5.61.